The fourth-order valence-electron chi connectivity index (χ4n) is 3.08. The van der Waals surface area contributed by atoms with Gasteiger partial charge in [-0.2, -0.15) is 13.2 Å². The fraction of sp³-hybridized carbons (Fsp3) is 0.923. The average Bonchev–Trinajstić information content (AvgIpc) is 2.87. The highest BCUT2D eigenvalue weighted by atomic mass is 19.4. The molecule has 0 aromatic heterocycles. The predicted octanol–water partition coefficient (Wildman–Crippen LogP) is 1.08. The molecule has 2 aliphatic heterocycles. The molecule has 0 spiro atoms. The lowest BCUT2D eigenvalue weighted by molar-refractivity contribution is -0.154. The number of nitrogens with one attached hydrogen (secondary N) is 1. The van der Waals surface area contributed by atoms with Gasteiger partial charge in [-0.3, -0.25) is 9.69 Å². The summed E-state index contributed by atoms with van der Waals surface area (Å²) in [6.45, 7) is 4.06. The molecule has 0 aromatic rings. The van der Waals surface area contributed by atoms with Gasteiger partial charge in [0.05, 0.1) is 12.0 Å². The van der Waals surface area contributed by atoms with E-state index in [1.54, 1.807) is 4.90 Å². The molecule has 20 heavy (non-hydrogen) atoms. The Bertz CT molecular complexity index is 345. The minimum absolute atomic E-state index is 0.108. The zero-order valence-corrected chi connectivity index (χ0v) is 11.8. The molecule has 0 bridgehead atoms. The Morgan fingerprint density at radius 2 is 1.90 bits per heavy atom. The van der Waals surface area contributed by atoms with Crippen molar-refractivity contribution >= 4 is 5.91 Å². The summed E-state index contributed by atoms with van der Waals surface area (Å²) in [5, 5.41) is 3.22. The minimum atomic E-state index is -4.16. The number of rotatable bonds is 3. The number of alkyl halides is 3. The van der Waals surface area contributed by atoms with Crippen LogP contribution in [0.3, 0.4) is 0 Å². The highest BCUT2D eigenvalue weighted by molar-refractivity contribution is 5.83. The van der Waals surface area contributed by atoms with Gasteiger partial charge >= 0.3 is 6.18 Å². The molecule has 0 aliphatic carbocycles. The smallest absolute Gasteiger partial charge is 0.340 e. The third-order valence-corrected chi connectivity index (χ3v) is 4.44. The Labute approximate surface area is 117 Å². The molecule has 0 saturated carbocycles. The Balaban J connectivity index is 1.88. The van der Waals surface area contributed by atoms with Crippen molar-refractivity contribution in [1.82, 2.24) is 15.1 Å². The first-order valence-electron chi connectivity index (χ1n) is 7.15. The standard InChI is InChI=1S/C13H22F3N3O/c1-2-12(3-4-17-9-12)11(20)19-7-5-18(6-8-19)10-13(14,15)16/h17H,2-10H2,1H3. The third-order valence-electron chi connectivity index (χ3n) is 4.44. The number of piperazine rings is 1. The van der Waals surface area contributed by atoms with E-state index in [-0.39, 0.29) is 11.3 Å². The molecule has 2 fully saturated rings. The van der Waals surface area contributed by atoms with E-state index in [1.165, 1.54) is 4.90 Å². The van der Waals surface area contributed by atoms with Gasteiger partial charge in [-0.05, 0) is 19.4 Å². The van der Waals surface area contributed by atoms with Gasteiger partial charge in [-0.15, -0.1) is 0 Å². The summed E-state index contributed by atoms with van der Waals surface area (Å²) >= 11 is 0. The van der Waals surface area contributed by atoms with Crippen molar-refractivity contribution in [3.8, 4) is 0 Å². The SMILES string of the molecule is CCC1(C(=O)N2CCN(CC(F)(F)F)CC2)CCNC1. The molecule has 7 heteroatoms. The molecule has 0 radical (unpaired) electrons. The molecular weight excluding hydrogens is 271 g/mol. The lowest BCUT2D eigenvalue weighted by atomic mass is 9.82. The molecule has 2 rings (SSSR count). The van der Waals surface area contributed by atoms with Crippen LogP contribution in [-0.4, -0.2) is 67.7 Å². The van der Waals surface area contributed by atoms with Gasteiger partial charge in [-0.25, -0.2) is 0 Å². The van der Waals surface area contributed by atoms with Crippen LogP contribution in [0.5, 0.6) is 0 Å². The number of nitrogens with zero attached hydrogens (tertiary/aromatic N) is 2. The molecule has 1 amide bonds. The summed E-state index contributed by atoms with van der Waals surface area (Å²) in [5.74, 6) is 0.108. The maximum absolute atomic E-state index is 12.6. The Hall–Kier alpha value is -0.820. The second-order valence-electron chi connectivity index (χ2n) is 5.74. The first-order chi connectivity index (χ1) is 9.36. The monoisotopic (exact) mass is 293 g/mol. The zero-order valence-electron chi connectivity index (χ0n) is 11.8. The van der Waals surface area contributed by atoms with E-state index >= 15 is 0 Å². The zero-order chi connectivity index (χ0) is 14.8. The van der Waals surface area contributed by atoms with Crippen molar-refractivity contribution < 1.29 is 18.0 Å². The Kier molecular flexibility index (Phi) is 4.59. The molecule has 2 aliphatic rings. The molecule has 0 aromatic carbocycles. The van der Waals surface area contributed by atoms with Crippen LogP contribution in [0.1, 0.15) is 19.8 Å². The first-order valence-corrected chi connectivity index (χ1v) is 7.15. The van der Waals surface area contributed by atoms with Crippen LogP contribution in [0.4, 0.5) is 13.2 Å². The summed E-state index contributed by atoms with van der Waals surface area (Å²) < 4.78 is 37.0. The number of hydrogen-bond donors (Lipinski definition) is 1. The van der Waals surface area contributed by atoms with Crippen LogP contribution in [0.25, 0.3) is 0 Å². The van der Waals surface area contributed by atoms with Gasteiger partial charge in [-0.1, -0.05) is 6.92 Å². The first kappa shape index (κ1) is 15.6. The van der Waals surface area contributed by atoms with Crippen molar-refractivity contribution in [1.29, 1.82) is 0 Å². The van der Waals surface area contributed by atoms with Crippen molar-refractivity contribution in [3.05, 3.63) is 0 Å². The van der Waals surface area contributed by atoms with Crippen molar-refractivity contribution in [2.75, 3.05) is 45.8 Å². The van der Waals surface area contributed by atoms with Gasteiger partial charge in [0.15, 0.2) is 0 Å². The summed E-state index contributed by atoms with van der Waals surface area (Å²) in [4.78, 5) is 15.7. The third kappa shape index (κ3) is 3.44. The Morgan fingerprint density at radius 3 is 2.35 bits per heavy atom. The number of halogens is 3. The van der Waals surface area contributed by atoms with Crippen molar-refractivity contribution in [2.45, 2.75) is 25.9 Å². The van der Waals surface area contributed by atoms with Gasteiger partial charge in [0.25, 0.3) is 0 Å². The highest BCUT2D eigenvalue weighted by Crippen LogP contribution is 2.32. The van der Waals surface area contributed by atoms with E-state index in [9.17, 15) is 18.0 Å². The highest BCUT2D eigenvalue weighted by Gasteiger charge is 2.43. The lowest BCUT2D eigenvalue weighted by Crippen LogP contribution is -2.54. The van der Waals surface area contributed by atoms with Crippen molar-refractivity contribution in [3.63, 3.8) is 0 Å². The molecule has 2 saturated heterocycles. The lowest BCUT2D eigenvalue weighted by Gasteiger charge is -2.39. The number of hydrogen-bond acceptors (Lipinski definition) is 3. The summed E-state index contributed by atoms with van der Waals surface area (Å²) in [6.07, 6.45) is -2.56. The van der Waals surface area contributed by atoms with Gasteiger partial charge in [0.2, 0.25) is 5.91 Å². The molecule has 4 nitrogen and oxygen atoms in total. The maximum Gasteiger partial charge on any atom is 0.401 e. The van der Waals surface area contributed by atoms with Gasteiger partial charge in [0.1, 0.15) is 0 Å². The molecule has 1 atom stereocenters. The molecular formula is C13H22F3N3O. The molecule has 1 unspecified atom stereocenters. The normalized spacial score (nSPS) is 28.9. The van der Waals surface area contributed by atoms with E-state index < -0.39 is 12.7 Å². The Morgan fingerprint density at radius 1 is 1.25 bits per heavy atom. The maximum atomic E-state index is 12.6. The van der Waals surface area contributed by atoms with Crippen LogP contribution in [0, 0.1) is 5.41 Å². The average molecular weight is 293 g/mol. The number of carbonyl (C=O) groups is 1. The minimum Gasteiger partial charge on any atom is -0.340 e. The molecule has 2 heterocycles. The van der Waals surface area contributed by atoms with Crippen LogP contribution in [0.15, 0.2) is 0 Å². The van der Waals surface area contributed by atoms with E-state index in [4.69, 9.17) is 0 Å². The van der Waals surface area contributed by atoms with Crippen LogP contribution in [0.2, 0.25) is 0 Å². The molecule has 116 valence electrons. The predicted molar refractivity (Wildman–Crippen MR) is 69.3 cm³/mol. The van der Waals surface area contributed by atoms with Crippen LogP contribution < -0.4 is 5.32 Å². The van der Waals surface area contributed by atoms with Gasteiger partial charge < -0.3 is 10.2 Å². The molecule has 1 N–H and O–H groups in total. The quantitative estimate of drug-likeness (QED) is 0.846. The van der Waals surface area contributed by atoms with E-state index in [2.05, 4.69) is 5.32 Å². The fourth-order valence-corrected chi connectivity index (χ4v) is 3.08. The number of amides is 1. The van der Waals surface area contributed by atoms with E-state index in [1.807, 2.05) is 6.92 Å². The van der Waals surface area contributed by atoms with Crippen molar-refractivity contribution in [2.24, 2.45) is 5.41 Å². The largest absolute Gasteiger partial charge is 0.401 e. The van der Waals surface area contributed by atoms with Crippen LogP contribution >= 0.6 is 0 Å². The second kappa shape index (κ2) is 5.89. The second-order valence-corrected chi connectivity index (χ2v) is 5.74. The number of carbonyl (C=O) groups excluding carboxylic acids is 1. The van der Waals surface area contributed by atoms with Gasteiger partial charge in [0, 0.05) is 32.7 Å². The summed E-state index contributed by atoms with van der Waals surface area (Å²) in [5.41, 5.74) is -0.341. The summed E-state index contributed by atoms with van der Waals surface area (Å²) in [6, 6.07) is 0. The van der Waals surface area contributed by atoms with E-state index in [0.29, 0.717) is 32.7 Å². The van der Waals surface area contributed by atoms with Crippen LogP contribution in [-0.2, 0) is 4.79 Å². The van der Waals surface area contributed by atoms with E-state index in [0.717, 1.165) is 19.4 Å². The topological polar surface area (TPSA) is 35.6 Å². The summed E-state index contributed by atoms with van der Waals surface area (Å²) in [7, 11) is 0.